The third-order valence-corrected chi connectivity index (χ3v) is 5.33. The lowest BCUT2D eigenvalue weighted by molar-refractivity contribution is 0.0526. The zero-order valence-corrected chi connectivity index (χ0v) is 15.7. The molecule has 1 heterocycles. The molecule has 3 rings (SSSR count). The van der Waals surface area contributed by atoms with Crippen molar-refractivity contribution in [3.63, 3.8) is 0 Å². The number of nitrogens with zero attached hydrogens (tertiary/aromatic N) is 1. The number of amides is 2. The zero-order valence-electron chi connectivity index (χ0n) is 14.9. The van der Waals surface area contributed by atoms with Crippen molar-refractivity contribution in [2.75, 3.05) is 11.9 Å². The third kappa shape index (κ3) is 4.71. The van der Waals surface area contributed by atoms with Gasteiger partial charge < -0.3 is 4.74 Å². The number of halogens is 1. The molecular formula is C19H20FN3O3S. The standard InChI is InChI=1S/C19H20FN3O3S/c1-2-26-18(24)16-14-5-3-4-6-15(14)27-17(16)22-19(25)23-21-11-12-7-9-13(20)10-8-12/h7-11H,2-6H2,1H3,(H2,22,23,25)/b21-11-. The maximum absolute atomic E-state index is 12.9. The molecular weight excluding hydrogens is 369 g/mol. The Morgan fingerprint density at radius 1 is 1.26 bits per heavy atom. The van der Waals surface area contributed by atoms with Gasteiger partial charge in [0.25, 0.3) is 0 Å². The number of thiophene rings is 1. The molecule has 0 bridgehead atoms. The van der Waals surface area contributed by atoms with Gasteiger partial charge >= 0.3 is 12.0 Å². The molecule has 2 amide bonds. The monoisotopic (exact) mass is 389 g/mol. The predicted octanol–water partition coefficient (Wildman–Crippen LogP) is 4.10. The van der Waals surface area contributed by atoms with Crippen LogP contribution in [-0.2, 0) is 17.6 Å². The maximum atomic E-state index is 12.9. The van der Waals surface area contributed by atoms with E-state index in [4.69, 9.17) is 4.74 Å². The average Bonchev–Trinajstić information content (AvgIpc) is 3.01. The first-order valence-electron chi connectivity index (χ1n) is 8.75. The highest BCUT2D eigenvalue weighted by atomic mass is 32.1. The highest BCUT2D eigenvalue weighted by Gasteiger charge is 2.27. The number of aryl methyl sites for hydroxylation is 1. The van der Waals surface area contributed by atoms with Crippen LogP contribution in [0.5, 0.6) is 0 Å². The minimum Gasteiger partial charge on any atom is -0.462 e. The molecule has 0 radical (unpaired) electrons. The van der Waals surface area contributed by atoms with E-state index in [1.165, 1.54) is 29.7 Å². The summed E-state index contributed by atoms with van der Waals surface area (Å²) < 4.78 is 18.0. The van der Waals surface area contributed by atoms with E-state index >= 15 is 0 Å². The van der Waals surface area contributed by atoms with Crippen LogP contribution < -0.4 is 10.7 Å². The molecule has 1 aliphatic rings. The van der Waals surface area contributed by atoms with Crippen LogP contribution in [0.1, 0.15) is 46.1 Å². The second-order valence-corrected chi connectivity index (χ2v) is 7.12. The minimum atomic E-state index is -0.558. The molecule has 0 fully saturated rings. The number of carbonyl (C=O) groups is 2. The molecule has 0 aliphatic heterocycles. The van der Waals surface area contributed by atoms with Crippen LogP contribution in [0.3, 0.4) is 0 Å². The fourth-order valence-corrected chi connectivity index (χ4v) is 4.19. The Hall–Kier alpha value is -2.74. The summed E-state index contributed by atoms with van der Waals surface area (Å²) in [6.07, 6.45) is 5.21. The fourth-order valence-electron chi connectivity index (χ4n) is 2.92. The topological polar surface area (TPSA) is 79.8 Å². The number of nitrogens with one attached hydrogen (secondary N) is 2. The molecule has 0 saturated carbocycles. The van der Waals surface area contributed by atoms with Gasteiger partial charge in [-0.3, -0.25) is 5.32 Å². The molecule has 2 aromatic rings. The summed E-state index contributed by atoms with van der Waals surface area (Å²) in [6, 6.07) is 5.15. The van der Waals surface area contributed by atoms with Crippen molar-refractivity contribution >= 4 is 34.6 Å². The lowest BCUT2D eigenvalue weighted by atomic mass is 9.95. The summed E-state index contributed by atoms with van der Waals surface area (Å²) >= 11 is 1.41. The molecule has 6 nitrogen and oxygen atoms in total. The van der Waals surface area contributed by atoms with Crippen molar-refractivity contribution in [2.45, 2.75) is 32.6 Å². The van der Waals surface area contributed by atoms with Gasteiger partial charge in [-0.25, -0.2) is 19.4 Å². The van der Waals surface area contributed by atoms with Gasteiger partial charge in [0.2, 0.25) is 0 Å². The van der Waals surface area contributed by atoms with Gasteiger partial charge in [0.1, 0.15) is 10.8 Å². The van der Waals surface area contributed by atoms with E-state index in [2.05, 4.69) is 15.8 Å². The number of urea groups is 1. The quantitative estimate of drug-likeness (QED) is 0.459. The molecule has 1 aromatic heterocycles. The summed E-state index contributed by atoms with van der Waals surface area (Å²) in [5.74, 6) is -0.756. The Morgan fingerprint density at radius 2 is 2.00 bits per heavy atom. The number of anilines is 1. The highest BCUT2D eigenvalue weighted by molar-refractivity contribution is 7.17. The molecule has 8 heteroatoms. The molecule has 142 valence electrons. The Morgan fingerprint density at radius 3 is 2.74 bits per heavy atom. The lowest BCUT2D eigenvalue weighted by Crippen LogP contribution is -2.25. The number of carbonyl (C=O) groups excluding carboxylic acids is 2. The van der Waals surface area contributed by atoms with E-state index in [1.807, 2.05) is 0 Å². The van der Waals surface area contributed by atoms with Crippen LogP contribution in [0.2, 0.25) is 0 Å². The van der Waals surface area contributed by atoms with Crippen molar-refractivity contribution in [2.24, 2.45) is 5.10 Å². The smallest absolute Gasteiger partial charge is 0.341 e. The molecule has 0 saturated heterocycles. The van der Waals surface area contributed by atoms with Crippen molar-refractivity contribution < 1.29 is 18.7 Å². The molecule has 0 atom stereocenters. The Labute approximate surface area is 160 Å². The summed E-state index contributed by atoms with van der Waals surface area (Å²) in [5, 5.41) is 7.02. The second-order valence-electron chi connectivity index (χ2n) is 6.01. The molecule has 0 unspecified atom stereocenters. The molecule has 1 aliphatic carbocycles. The SMILES string of the molecule is CCOC(=O)c1c(NC(=O)N/N=C\c2ccc(F)cc2)sc2c1CCCC2. The van der Waals surface area contributed by atoms with Crippen molar-refractivity contribution in [3.05, 3.63) is 51.7 Å². The first kappa shape index (κ1) is 19.0. The van der Waals surface area contributed by atoms with Crippen molar-refractivity contribution in [1.29, 1.82) is 0 Å². The predicted molar refractivity (Wildman–Crippen MR) is 103 cm³/mol. The summed E-state index contributed by atoms with van der Waals surface area (Å²) in [5.41, 5.74) is 4.44. The number of esters is 1. The van der Waals surface area contributed by atoms with Crippen LogP contribution in [-0.4, -0.2) is 24.8 Å². The maximum Gasteiger partial charge on any atom is 0.341 e. The minimum absolute atomic E-state index is 0.275. The summed E-state index contributed by atoms with van der Waals surface area (Å²) in [4.78, 5) is 25.6. The van der Waals surface area contributed by atoms with Gasteiger partial charge in [-0.2, -0.15) is 5.10 Å². The van der Waals surface area contributed by atoms with E-state index in [1.54, 1.807) is 19.1 Å². The highest BCUT2D eigenvalue weighted by Crippen LogP contribution is 2.38. The summed E-state index contributed by atoms with van der Waals surface area (Å²) in [6.45, 7) is 2.03. The number of rotatable bonds is 5. The Balaban J connectivity index is 1.70. The molecule has 1 aromatic carbocycles. The first-order chi connectivity index (χ1) is 13.1. The van der Waals surface area contributed by atoms with Gasteiger partial charge in [-0.15, -0.1) is 11.3 Å². The van der Waals surface area contributed by atoms with Crippen LogP contribution in [0.15, 0.2) is 29.4 Å². The van der Waals surface area contributed by atoms with Crippen molar-refractivity contribution in [3.8, 4) is 0 Å². The fraction of sp³-hybridized carbons (Fsp3) is 0.316. The van der Waals surface area contributed by atoms with Gasteiger partial charge in [-0.1, -0.05) is 12.1 Å². The van der Waals surface area contributed by atoms with E-state index in [0.717, 1.165) is 36.1 Å². The molecule has 2 N–H and O–H groups in total. The number of benzene rings is 1. The van der Waals surface area contributed by atoms with Crippen LogP contribution in [0.25, 0.3) is 0 Å². The zero-order chi connectivity index (χ0) is 19.2. The second kappa shape index (κ2) is 8.77. The van der Waals surface area contributed by atoms with E-state index in [9.17, 15) is 14.0 Å². The van der Waals surface area contributed by atoms with E-state index in [0.29, 0.717) is 16.1 Å². The van der Waals surface area contributed by atoms with Crippen LogP contribution in [0.4, 0.5) is 14.2 Å². The number of hydrogen-bond donors (Lipinski definition) is 2. The molecule has 0 spiro atoms. The summed E-state index contributed by atoms with van der Waals surface area (Å²) in [7, 11) is 0. The number of fused-ring (bicyclic) bond motifs is 1. The average molecular weight is 389 g/mol. The van der Waals surface area contributed by atoms with E-state index < -0.39 is 12.0 Å². The van der Waals surface area contributed by atoms with Crippen LogP contribution in [0, 0.1) is 5.82 Å². The van der Waals surface area contributed by atoms with Gasteiger partial charge in [0, 0.05) is 4.88 Å². The first-order valence-corrected chi connectivity index (χ1v) is 9.57. The van der Waals surface area contributed by atoms with Gasteiger partial charge in [-0.05, 0) is 55.9 Å². The van der Waals surface area contributed by atoms with Crippen LogP contribution >= 0.6 is 11.3 Å². The Bertz CT molecular complexity index is 862. The number of ether oxygens (including phenoxy) is 1. The van der Waals surface area contributed by atoms with Gasteiger partial charge in [0.05, 0.1) is 18.4 Å². The van der Waals surface area contributed by atoms with Crippen molar-refractivity contribution in [1.82, 2.24) is 5.43 Å². The largest absolute Gasteiger partial charge is 0.462 e. The Kier molecular flexibility index (Phi) is 6.18. The molecule has 27 heavy (non-hydrogen) atoms. The normalized spacial score (nSPS) is 13.3. The van der Waals surface area contributed by atoms with E-state index in [-0.39, 0.29) is 12.4 Å². The third-order valence-electron chi connectivity index (χ3n) is 4.13. The number of hydrazone groups is 1. The number of hydrogen-bond acceptors (Lipinski definition) is 5. The van der Waals surface area contributed by atoms with Gasteiger partial charge in [0.15, 0.2) is 0 Å². The lowest BCUT2D eigenvalue weighted by Gasteiger charge is -2.12.